The minimum absolute atomic E-state index is 0.348. The van der Waals surface area contributed by atoms with Crippen LogP contribution in [-0.2, 0) is 4.79 Å². The summed E-state index contributed by atoms with van der Waals surface area (Å²) in [5, 5.41) is 3.97. The van der Waals surface area contributed by atoms with Gasteiger partial charge in [0.1, 0.15) is 17.2 Å². The van der Waals surface area contributed by atoms with Gasteiger partial charge in [0.2, 0.25) is 0 Å². The molecule has 0 fully saturated rings. The molecular weight excluding hydrogens is 320 g/mol. The SMILES string of the molecule is COc1ccc(OC)c(C=NNC(=O)C(C)Oc2cccc(C)c2)c1. The van der Waals surface area contributed by atoms with Crippen molar-refractivity contribution in [2.75, 3.05) is 14.2 Å². The Bertz CT molecular complexity index is 759. The van der Waals surface area contributed by atoms with Crippen molar-refractivity contribution < 1.29 is 19.0 Å². The number of hydrogen-bond acceptors (Lipinski definition) is 5. The summed E-state index contributed by atoms with van der Waals surface area (Å²) in [4.78, 5) is 12.1. The third-order valence-electron chi connectivity index (χ3n) is 3.49. The van der Waals surface area contributed by atoms with Gasteiger partial charge in [-0.05, 0) is 49.7 Å². The summed E-state index contributed by atoms with van der Waals surface area (Å²) < 4.78 is 16.0. The van der Waals surface area contributed by atoms with E-state index in [0.29, 0.717) is 22.8 Å². The molecule has 1 amide bonds. The lowest BCUT2D eigenvalue weighted by atomic mass is 10.2. The molecule has 0 aliphatic carbocycles. The molecule has 25 heavy (non-hydrogen) atoms. The topological polar surface area (TPSA) is 69.2 Å². The number of carbonyl (C=O) groups excluding carboxylic acids is 1. The fourth-order valence-electron chi connectivity index (χ4n) is 2.14. The molecule has 0 bridgehead atoms. The van der Waals surface area contributed by atoms with Crippen molar-refractivity contribution in [3.05, 3.63) is 53.6 Å². The minimum atomic E-state index is -0.675. The van der Waals surface area contributed by atoms with E-state index in [4.69, 9.17) is 14.2 Å². The van der Waals surface area contributed by atoms with Crippen molar-refractivity contribution in [3.8, 4) is 17.2 Å². The van der Waals surface area contributed by atoms with Crippen LogP contribution in [0.3, 0.4) is 0 Å². The standard InChI is InChI=1S/C19H22N2O4/c1-13-6-5-7-17(10-13)25-14(2)19(22)21-20-12-15-11-16(23-3)8-9-18(15)24-4/h5-12,14H,1-4H3,(H,21,22). The average Bonchev–Trinajstić information content (AvgIpc) is 2.61. The lowest BCUT2D eigenvalue weighted by molar-refractivity contribution is -0.127. The van der Waals surface area contributed by atoms with Gasteiger partial charge in [0.05, 0.1) is 20.4 Å². The highest BCUT2D eigenvalue weighted by Gasteiger charge is 2.14. The Labute approximate surface area is 147 Å². The van der Waals surface area contributed by atoms with Crippen LogP contribution in [0, 0.1) is 6.92 Å². The number of ether oxygens (including phenoxy) is 3. The van der Waals surface area contributed by atoms with Gasteiger partial charge in [-0.1, -0.05) is 12.1 Å². The Balaban J connectivity index is 1.98. The minimum Gasteiger partial charge on any atom is -0.497 e. The lowest BCUT2D eigenvalue weighted by Gasteiger charge is -2.13. The second-order valence-electron chi connectivity index (χ2n) is 5.42. The number of amides is 1. The molecule has 1 atom stereocenters. The van der Waals surface area contributed by atoms with Crippen LogP contribution in [0.4, 0.5) is 0 Å². The predicted octanol–water partition coefficient (Wildman–Crippen LogP) is 2.93. The molecular formula is C19H22N2O4. The molecule has 132 valence electrons. The number of hydrogen-bond donors (Lipinski definition) is 1. The van der Waals surface area contributed by atoms with Gasteiger partial charge in [-0.2, -0.15) is 5.10 Å². The summed E-state index contributed by atoms with van der Waals surface area (Å²) in [6.45, 7) is 3.63. The maximum absolute atomic E-state index is 12.1. The van der Waals surface area contributed by atoms with Gasteiger partial charge < -0.3 is 14.2 Å². The van der Waals surface area contributed by atoms with E-state index < -0.39 is 6.10 Å². The highest BCUT2D eigenvalue weighted by molar-refractivity contribution is 5.86. The Morgan fingerprint density at radius 1 is 1.12 bits per heavy atom. The van der Waals surface area contributed by atoms with E-state index in [1.807, 2.05) is 25.1 Å². The molecule has 0 saturated heterocycles. The van der Waals surface area contributed by atoms with Crippen molar-refractivity contribution in [1.29, 1.82) is 0 Å². The molecule has 1 N–H and O–H groups in total. The van der Waals surface area contributed by atoms with Crippen molar-refractivity contribution in [1.82, 2.24) is 5.43 Å². The Hall–Kier alpha value is -3.02. The van der Waals surface area contributed by atoms with Crippen molar-refractivity contribution in [2.45, 2.75) is 20.0 Å². The van der Waals surface area contributed by atoms with Crippen LogP contribution in [0.1, 0.15) is 18.1 Å². The van der Waals surface area contributed by atoms with Crippen LogP contribution in [0.25, 0.3) is 0 Å². The molecule has 2 aromatic rings. The summed E-state index contributed by atoms with van der Waals surface area (Å²) >= 11 is 0. The van der Waals surface area contributed by atoms with E-state index in [9.17, 15) is 4.79 Å². The maximum Gasteiger partial charge on any atom is 0.280 e. The second-order valence-corrected chi connectivity index (χ2v) is 5.42. The number of aryl methyl sites for hydroxylation is 1. The van der Waals surface area contributed by atoms with Crippen LogP contribution in [-0.4, -0.2) is 32.4 Å². The highest BCUT2D eigenvalue weighted by Crippen LogP contribution is 2.22. The first-order valence-electron chi connectivity index (χ1n) is 7.81. The third kappa shape index (κ3) is 5.24. The van der Waals surface area contributed by atoms with Crippen LogP contribution in [0.2, 0.25) is 0 Å². The lowest BCUT2D eigenvalue weighted by Crippen LogP contribution is -2.33. The monoisotopic (exact) mass is 342 g/mol. The highest BCUT2D eigenvalue weighted by atomic mass is 16.5. The summed E-state index contributed by atoms with van der Waals surface area (Å²) in [6, 6.07) is 12.8. The Morgan fingerprint density at radius 3 is 2.60 bits per heavy atom. The summed E-state index contributed by atoms with van der Waals surface area (Å²) in [5.74, 6) is 1.59. The van der Waals surface area contributed by atoms with Crippen LogP contribution in [0.5, 0.6) is 17.2 Å². The summed E-state index contributed by atoms with van der Waals surface area (Å²) in [7, 11) is 3.14. The number of hydrazone groups is 1. The van der Waals surface area contributed by atoms with Crippen molar-refractivity contribution in [3.63, 3.8) is 0 Å². The molecule has 2 aromatic carbocycles. The van der Waals surface area contributed by atoms with E-state index in [-0.39, 0.29) is 5.91 Å². The van der Waals surface area contributed by atoms with Crippen molar-refractivity contribution >= 4 is 12.1 Å². The first-order valence-corrected chi connectivity index (χ1v) is 7.81. The molecule has 1 unspecified atom stereocenters. The molecule has 0 heterocycles. The largest absolute Gasteiger partial charge is 0.497 e. The predicted molar refractivity (Wildman–Crippen MR) is 96.6 cm³/mol. The van der Waals surface area contributed by atoms with E-state index in [2.05, 4.69) is 10.5 Å². The molecule has 0 aliphatic rings. The smallest absolute Gasteiger partial charge is 0.280 e. The van der Waals surface area contributed by atoms with Gasteiger partial charge in [-0.25, -0.2) is 5.43 Å². The molecule has 0 aromatic heterocycles. The first-order chi connectivity index (χ1) is 12.0. The van der Waals surface area contributed by atoms with Crippen LogP contribution in [0.15, 0.2) is 47.6 Å². The molecule has 2 rings (SSSR count). The third-order valence-corrected chi connectivity index (χ3v) is 3.49. The molecule has 0 saturated carbocycles. The fourth-order valence-corrected chi connectivity index (χ4v) is 2.14. The number of rotatable bonds is 7. The first kappa shape index (κ1) is 18.3. The van der Waals surface area contributed by atoms with Gasteiger partial charge in [0.25, 0.3) is 5.91 Å². The number of nitrogens with one attached hydrogen (secondary N) is 1. The van der Waals surface area contributed by atoms with Crippen LogP contribution >= 0.6 is 0 Å². The Morgan fingerprint density at radius 2 is 1.92 bits per heavy atom. The van der Waals surface area contributed by atoms with Crippen molar-refractivity contribution in [2.24, 2.45) is 5.10 Å². The zero-order valence-electron chi connectivity index (χ0n) is 14.8. The second kappa shape index (κ2) is 8.73. The van der Waals surface area contributed by atoms with Crippen LogP contribution < -0.4 is 19.6 Å². The number of carbonyl (C=O) groups is 1. The summed E-state index contributed by atoms with van der Waals surface area (Å²) in [5.41, 5.74) is 4.22. The zero-order chi connectivity index (χ0) is 18.2. The molecule has 0 aliphatic heterocycles. The van der Waals surface area contributed by atoms with Gasteiger partial charge >= 0.3 is 0 Å². The molecule has 6 heteroatoms. The van der Waals surface area contributed by atoms with E-state index >= 15 is 0 Å². The molecule has 0 spiro atoms. The number of nitrogens with zero attached hydrogens (tertiary/aromatic N) is 1. The van der Waals surface area contributed by atoms with Gasteiger partial charge in [-0.3, -0.25) is 4.79 Å². The number of benzene rings is 2. The van der Waals surface area contributed by atoms with E-state index in [0.717, 1.165) is 5.56 Å². The Kier molecular flexibility index (Phi) is 6.39. The van der Waals surface area contributed by atoms with Gasteiger partial charge in [0, 0.05) is 5.56 Å². The fraction of sp³-hybridized carbons (Fsp3) is 0.263. The van der Waals surface area contributed by atoms with E-state index in [1.54, 1.807) is 45.4 Å². The average molecular weight is 342 g/mol. The van der Waals surface area contributed by atoms with Gasteiger partial charge in [-0.15, -0.1) is 0 Å². The number of methoxy groups -OCH3 is 2. The molecule has 6 nitrogen and oxygen atoms in total. The normalized spacial score (nSPS) is 11.8. The van der Waals surface area contributed by atoms with Gasteiger partial charge in [0.15, 0.2) is 6.10 Å². The molecule has 0 radical (unpaired) electrons. The zero-order valence-corrected chi connectivity index (χ0v) is 14.8. The van der Waals surface area contributed by atoms with E-state index in [1.165, 1.54) is 6.21 Å². The summed E-state index contributed by atoms with van der Waals surface area (Å²) in [6.07, 6.45) is 0.824. The quantitative estimate of drug-likeness (QED) is 0.620. The maximum atomic E-state index is 12.1.